The molecule has 8 N–H and O–H groups in total. The first-order valence-electron chi connectivity index (χ1n) is 13.9. The molecular weight excluding hydrogens is 526 g/mol. The van der Waals surface area contributed by atoms with Crippen LogP contribution >= 0.6 is 0 Å². The van der Waals surface area contributed by atoms with Gasteiger partial charge in [0.25, 0.3) is 0 Å². The van der Waals surface area contributed by atoms with Crippen LogP contribution in [-0.4, -0.2) is 67.9 Å². The van der Waals surface area contributed by atoms with E-state index in [2.05, 4.69) is 30.9 Å². The van der Waals surface area contributed by atoms with Crippen molar-refractivity contribution >= 4 is 34.6 Å². The van der Waals surface area contributed by atoms with E-state index in [1.807, 2.05) is 51.2 Å². The summed E-state index contributed by atoms with van der Waals surface area (Å²) >= 11 is 0. The molecule has 222 valence electrons. The summed E-state index contributed by atoms with van der Waals surface area (Å²) < 4.78 is 0. The topological polar surface area (TPSA) is 195 Å². The van der Waals surface area contributed by atoms with Gasteiger partial charge in [0.2, 0.25) is 17.7 Å². The first kappa shape index (κ1) is 31.3. The molecule has 0 saturated heterocycles. The zero-order chi connectivity index (χ0) is 30.1. The average molecular weight is 568 g/mol. The molecule has 1 aromatic carbocycles. The molecule has 0 fully saturated rings. The highest BCUT2D eigenvalue weighted by molar-refractivity contribution is 5.94. The van der Waals surface area contributed by atoms with Crippen LogP contribution in [0.2, 0.25) is 0 Å². The third kappa shape index (κ3) is 8.65. The smallest absolute Gasteiger partial charge is 0.326 e. The van der Waals surface area contributed by atoms with E-state index in [-0.39, 0.29) is 24.7 Å². The second kappa shape index (κ2) is 14.4. The first-order chi connectivity index (χ1) is 19.5. The maximum absolute atomic E-state index is 13.5. The van der Waals surface area contributed by atoms with Gasteiger partial charge in [-0.2, -0.15) is 0 Å². The number of nitrogens with one attached hydrogen (secondary N) is 5. The molecule has 0 saturated carbocycles. The van der Waals surface area contributed by atoms with E-state index < -0.39 is 47.9 Å². The standard InChI is InChI=1S/C29H41N7O5/c1-5-17(4)25(29(40)41)36-28(39)24(12-19-14-31-15-33-19)35-27(38)23(10-16(2)3)34-26(37)21(30)11-18-13-32-22-9-7-6-8-20(18)22/h6-9,13-17,21,23-25,32H,5,10-12,30H2,1-4H3,(H,31,33)(H,34,37)(H,35,38)(H,36,39)(H,40,41). The van der Waals surface area contributed by atoms with Gasteiger partial charge in [0, 0.05) is 35.4 Å². The van der Waals surface area contributed by atoms with Crippen LogP contribution in [0.15, 0.2) is 43.0 Å². The summed E-state index contributed by atoms with van der Waals surface area (Å²) in [5.41, 5.74) is 8.65. The highest BCUT2D eigenvalue weighted by atomic mass is 16.4. The van der Waals surface area contributed by atoms with Crippen molar-refractivity contribution in [3.05, 3.63) is 54.2 Å². The van der Waals surface area contributed by atoms with E-state index in [0.717, 1.165) is 16.5 Å². The van der Waals surface area contributed by atoms with E-state index in [9.17, 15) is 24.3 Å². The molecule has 12 nitrogen and oxygen atoms in total. The second-order valence-corrected chi connectivity index (χ2v) is 10.9. The minimum atomic E-state index is -1.16. The van der Waals surface area contributed by atoms with E-state index >= 15 is 0 Å². The summed E-state index contributed by atoms with van der Waals surface area (Å²) in [6.07, 6.45) is 5.94. The minimum absolute atomic E-state index is 0.0394. The van der Waals surface area contributed by atoms with Crippen molar-refractivity contribution in [3.63, 3.8) is 0 Å². The maximum atomic E-state index is 13.5. The number of fused-ring (bicyclic) bond motifs is 1. The van der Waals surface area contributed by atoms with Crippen LogP contribution in [0.4, 0.5) is 0 Å². The zero-order valence-corrected chi connectivity index (χ0v) is 23.9. The molecule has 5 atom stereocenters. The molecule has 3 rings (SSSR count). The molecule has 0 aliphatic heterocycles. The summed E-state index contributed by atoms with van der Waals surface area (Å²) in [5, 5.41) is 18.7. The number of amides is 3. The molecular formula is C29H41N7O5. The Hall–Kier alpha value is -4.19. The SMILES string of the molecule is CCC(C)C(NC(=O)C(Cc1cnc[nH]1)NC(=O)C(CC(C)C)NC(=O)C(N)Cc1c[nH]c2ccccc12)C(=O)O. The number of H-pyrrole nitrogens is 2. The predicted molar refractivity (Wildman–Crippen MR) is 155 cm³/mol. The lowest BCUT2D eigenvalue weighted by molar-refractivity contribution is -0.143. The number of benzene rings is 1. The Morgan fingerprint density at radius 2 is 1.63 bits per heavy atom. The van der Waals surface area contributed by atoms with Gasteiger partial charge in [-0.05, 0) is 36.3 Å². The fourth-order valence-electron chi connectivity index (χ4n) is 4.65. The highest BCUT2D eigenvalue weighted by Gasteiger charge is 2.32. The van der Waals surface area contributed by atoms with Gasteiger partial charge in [-0.1, -0.05) is 52.3 Å². The number of aromatic amines is 2. The molecule has 41 heavy (non-hydrogen) atoms. The minimum Gasteiger partial charge on any atom is -0.480 e. The van der Waals surface area contributed by atoms with Crippen molar-refractivity contribution in [3.8, 4) is 0 Å². The Balaban J connectivity index is 1.74. The largest absolute Gasteiger partial charge is 0.480 e. The summed E-state index contributed by atoms with van der Waals surface area (Å²) in [4.78, 5) is 61.7. The number of aliphatic carboxylic acids is 1. The van der Waals surface area contributed by atoms with Crippen molar-refractivity contribution in [2.45, 2.75) is 77.5 Å². The van der Waals surface area contributed by atoms with Gasteiger partial charge in [0.05, 0.1) is 12.4 Å². The number of rotatable bonds is 15. The van der Waals surface area contributed by atoms with Gasteiger partial charge in [-0.15, -0.1) is 0 Å². The van der Waals surface area contributed by atoms with Crippen LogP contribution in [-0.2, 0) is 32.0 Å². The zero-order valence-electron chi connectivity index (χ0n) is 23.9. The monoisotopic (exact) mass is 567 g/mol. The van der Waals surface area contributed by atoms with Crippen LogP contribution in [0.1, 0.15) is 51.8 Å². The Morgan fingerprint density at radius 3 is 2.27 bits per heavy atom. The molecule has 5 unspecified atom stereocenters. The highest BCUT2D eigenvalue weighted by Crippen LogP contribution is 2.19. The summed E-state index contributed by atoms with van der Waals surface area (Å²) in [6.45, 7) is 7.39. The van der Waals surface area contributed by atoms with E-state index in [1.165, 1.54) is 12.5 Å². The van der Waals surface area contributed by atoms with E-state index in [0.29, 0.717) is 18.5 Å². The number of nitrogens with two attached hydrogens (primary N) is 1. The lowest BCUT2D eigenvalue weighted by atomic mass is 9.98. The van der Waals surface area contributed by atoms with Crippen LogP contribution in [0, 0.1) is 11.8 Å². The van der Waals surface area contributed by atoms with Crippen LogP contribution in [0.5, 0.6) is 0 Å². The number of carboxylic acid groups (broad SMARTS) is 1. The van der Waals surface area contributed by atoms with Gasteiger partial charge in [-0.3, -0.25) is 14.4 Å². The van der Waals surface area contributed by atoms with Crippen LogP contribution in [0.3, 0.4) is 0 Å². The Bertz CT molecular complexity index is 1320. The second-order valence-electron chi connectivity index (χ2n) is 10.9. The first-order valence-corrected chi connectivity index (χ1v) is 13.9. The predicted octanol–water partition coefficient (Wildman–Crippen LogP) is 1.63. The van der Waals surface area contributed by atoms with Crippen molar-refractivity contribution in [1.82, 2.24) is 30.9 Å². The molecule has 12 heteroatoms. The summed E-state index contributed by atoms with van der Waals surface area (Å²) in [5.74, 6) is -3.15. The molecule has 2 aromatic heterocycles. The number of aromatic nitrogens is 3. The van der Waals surface area contributed by atoms with Gasteiger partial charge in [-0.25, -0.2) is 9.78 Å². The molecule has 0 spiro atoms. The maximum Gasteiger partial charge on any atom is 0.326 e. The molecule has 0 radical (unpaired) electrons. The average Bonchev–Trinajstić information content (AvgIpc) is 3.60. The summed E-state index contributed by atoms with van der Waals surface area (Å²) in [6, 6.07) is 3.60. The number of carboxylic acids is 1. The molecule has 0 aliphatic rings. The summed E-state index contributed by atoms with van der Waals surface area (Å²) in [7, 11) is 0. The van der Waals surface area contributed by atoms with E-state index in [1.54, 1.807) is 6.92 Å². The Kier molecular flexibility index (Phi) is 11.0. The number of imidazole rings is 1. The van der Waals surface area contributed by atoms with Crippen LogP contribution in [0.25, 0.3) is 10.9 Å². The molecule has 3 aromatic rings. The van der Waals surface area contributed by atoms with Gasteiger partial charge < -0.3 is 36.8 Å². The lowest BCUT2D eigenvalue weighted by Crippen LogP contribution is -2.58. The van der Waals surface area contributed by atoms with Gasteiger partial charge >= 0.3 is 5.97 Å². The van der Waals surface area contributed by atoms with Crippen molar-refractivity contribution in [1.29, 1.82) is 0 Å². The van der Waals surface area contributed by atoms with Crippen molar-refractivity contribution in [2.75, 3.05) is 0 Å². The van der Waals surface area contributed by atoms with Gasteiger partial charge in [0.1, 0.15) is 18.1 Å². The van der Waals surface area contributed by atoms with Crippen LogP contribution < -0.4 is 21.7 Å². The number of para-hydroxylation sites is 1. The Morgan fingerprint density at radius 1 is 0.951 bits per heavy atom. The molecule has 0 bridgehead atoms. The number of hydrogen-bond acceptors (Lipinski definition) is 6. The number of carbonyl (C=O) groups excluding carboxylic acids is 3. The molecule has 0 aliphatic carbocycles. The quantitative estimate of drug-likeness (QED) is 0.145. The van der Waals surface area contributed by atoms with Gasteiger partial charge in [0.15, 0.2) is 0 Å². The fraction of sp³-hybridized carbons (Fsp3) is 0.483. The van der Waals surface area contributed by atoms with E-state index in [4.69, 9.17) is 5.73 Å². The molecule has 2 heterocycles. The number of hydrogen-bond donors (Lipinski definition) is 7. The third-order valence-corrected chi connectivity index (χ3v) is 7.18. The fourth-order valence-corrected chi connectivity index (χ4v) is 4.65. The third-order valence-electron chi connectivity index (χ3n) is 7.18. The lowest BCUT2D eigenvalue weighted by Gasteiger charge is -2.27. The van der Waals surface area contributed by atoms with Crippen molar-refractivity contribution in [2.24, 2.45) is 17.6 Å². The number of nitrogens with zero attached hydrogens (tertiary/aromatic N) is 1. The Labute approximate surface area is 239 Å². The normalized spacial score (nSPS) is 15.1. The number of carbonyl (C=O) groups is 4. The molecule has 3 amide bonds. The van der Waals surface area contributed by atoms with Crippen molar-refractivity contribution < 1.29 is 24.3 Å².